The number of carbonyl (C=O) groups is 1. The summed E-state index contributed by atoms with van der Waals surface area (Å²) >= 11 is 11.9. The van der Waals surface area contributed by atoms with E-state index in [1.807, 2.05) is 0 Å². The van der Waals surface area contributed by atoms with Gasteiger partial charge in [-0.1, -0.05) is 41.4 Å². The molecule has 0 unspecified atom stereocenters. The normalized spacial score (nSPS) is 11.2. The molecule has 30 heavy (non-hydrogen) atoms. The topological polar surface area (TPSA) is 86.7 Å². The van der Waals surface area contributed by atoms with Gasteiger partial charge in [0, 0.05) is 35.4 Å². The molecule has 0 aromatic heterocycles. The Bertz CT molecular complexity index is 1180. The summed E-state index contributed by atoms with van der Waals surface area (Å²) in [7, 11) is -2.33. The van der Waals surface area contributed by atoms with Gasteiger partial charge < -0.3 is 10.0 Å². The molecule has 2 N–H and O–H groups in total. The zero-order chi connectivity index (χ0) is 21.9. The second kappa shape index (κ2) is 8.95. The van der Waals surface area contributed by atoms with E-state index in [1.165, 1.54) is 47.4 Å². The Hall–Kier alpha value is -2.74. The third kappa shape index (κ3) is 5.05. The fourth-order valence-electron chi connectivity index (χ4n) is 2.77. The van der Waals surface area contributed by atoms with E-state index in [2.05, 4.69) is 4.72 Å². The molecule has 0 spiro atoms. The summed E-state index contributed by atoms with van der Waals surface area (Å²) in [6, 6.07) is 16.9. The van der Waals surface area contributed by atoms with Crippen LogP contribution in [-0.4, -0.2) is 31.4 Å². The van der Waals surface area contributed by atoms with E-state index in [0.717, 1.165) is 0 Å². The maximum absolute atomic E-state index is 12.6. The zero-order valence-electron chi connectivity index (χ0n) is 15.8. The van der Waals surface area contributed by atoms with Crippen LogP contribution in [0.25, 0.3) is 0 Å². The van der Waals surface area contributed by atoms with Crippen LogP contribution >= 0.6 is 23.2 Å². The molecule has 0 atom stereocenters. The van der Waals surface area contributed by atoms with Gasteiger partial charge in [0.2, 0.25) is 0 Å². The lowest BCUT2D eigenvalue weighted by atomic mass is 10.1. The molecular weight excluding hydrogens is 447 g/mol. The van der Waals surface area contributed by atoms with Crippen LogP contribution in [0.2, 0.25) is 10.0 Å². The third-order valence-corrected chi connectivity index (χ3v) is 6.41. The lowest BCUT2D eigenvalue weighted by molar-refractivity contribution is 0.0784. The summed E-state index contributed by atoms with van der Waals surface area (Å²) in [6.45, 7) is 0.229. The number of aromatic hydroxyl groups is 1. The van der Waals surface area contributed by atoms with Gasteiger partial charge in [-0.2, -0.15) is 0 Å². The maximum atomic E-state index is 12.6. The predicted molar refractivity (Wildman–Crippen MR) is 118 cm³/mol. The van der Waals surface area contributed by atoms with Crippen molar-refractivity contribution in [1.29, 1.82) is 0 Å². The molecule has 0 aliphatic carbocycles. The SMILES string of the molecule is CN(Cc1ccccc1O)C(=O)c1ccc(NS(=O)(=O)c2cc(Cl)ccc2Cl)cc1. The van der Waals surface area contributed by atoms with Gasteiger partial charge >= 0.3 is 0 Å². The number of carbonyl (C=O) groups excluding carboxylic acids is 1. The molecule has 0 aliphatic heterocycles. The summed E-state index contributed by atoms with van der Waals surface area (Å²) in [5.41, 5.74) is 1.26. The smallest absolute Gasteiger partial charge is 0.263 e. The largest absolute Gasteiger partial charge is 0.508 e. The number of rotatable bonds is 6. The van der Waals surface area contributed by atoms with Gasteiger partial charge in [0.05, 0.1) is 5.02 Å². The molecular formula is C21H18Cl2N2O4S. The molecule has 6 nitrogen and oxygen atoms in total. The monoisotopic (exact) mass is 464 g/mol. The van der Waals surface area contributed by atoms with Crippen LogP contribution in [0.3, 0.4) is 0 Å². The van der Waals surface area contributed by atoms with Crippen molar-refractivity contribution in [3.8, 4) is 5.75 Å². The van der Waals surface area contributed by atoms with Crippen LogP contribution in [0.1, 0.15) is 15.9 Å². The zero-order valence-corrected chi connectivity index (χ0v) is 18.2. The number of amides is 1. The summed E-state index contributed by atoms with van der Waals surface area (Å²) < 4.78 is 27.6. The van der Waals surface area contributed by atoms with Gasteiger partial charge in [-0.25, -0.2) is 8.42 Å². The lowest BCUT2D eigenvalue weighted by Crippen LogP contribution is -2.26. The predicted octanol–water partition coefficient (Wildman–Crippen LogP) is 4.77. The highest BCUT2D eigenvalue weighted by Crippen LogP contribution is 2.27. The molecule has 3 rings (SSSR count). The van der Waals surface area contributed by atoms with Crippen molar-refractivity contribution in [2.24, 2.45) is 0 Å². The molecule has 1 amide bonds. The van der Waals surface area contributed by atoms with Crippen LogP contribution in [0.5, 0.6) is 5.75 Å². The summed E-state index contributed by atoms with van der Waals surface area (Å²) in [5.74, 6) is -0.160. The average molecular weight is 465 g/mol. The van der Waals surface area contributed by atoms with Crippen molar-refractivity contribution in [2.75, 3.05) is 11.8 Å². The first-order valence-electron chi connectivity index (χ1n) is 8.77. The Morgan fingerprint density at radius 3 is 2.37 bits per heavy atom. The molecule has 0 aliphatic rings. The second-order valence-electron chi connectivity index (χ2n) is 6.55. The number of phenols is 1. The summed E-state index contributed by atoms with van der Waals surface area (Å²) in [4.78, 5) is 14.0. The number of hydrogen-bond acceptors (Lipinski definition) is 4. The Morgan fingerprint density at radius 1 is 1.03 bits per heavy atom. The number of anilines is 1. The van der Waals surface area contributed by atoms with Crippen molar-refractivity contribution in [3.63, 3.8) is 0 Å². The summed E-state index contributed by atoms with van der Waals surface area (Å²) in [5, 5.41) is 10.2. The molecule has 3 aromatic carbocycles. The number of nitrogens with zero attached hydrogens (tertiary/aromatic N) is 1. The molecule has 0 saturated heterocycles. The van der Waals surface area contributed by atoms with Crippen LogP contribution < -0.4 is 4.72 Å². The number of hydrogen-bond donors (Lipinski definition) is 2. The highest BCUT2D eigenvalue weighted by atomic mass is 35.5. The van der Waals surface area contributed by atoms with Crippen molar-refractivity contribution in [1.82, 2.24) is 4.90 Å². The van der Waals surface area contributed by atoms with E-state index in [-0.39, 0.29) is 38.8 Å². The van der Waals surface area contributed by atoms with E-state index >= 15 is 0 Å². The van der Waals surface area contributed by atoms with Gasteiger partial charge in [-0.05, 0) is 48.5 Å². The second-order valence-corrected chi connectivity index (χ2v) is 9.04. The number of nitrogens with one attached hydrogen (secondary N) is 1. The van der Waals surface area contributed by atoms with Gasteiger partial charge in [0.1, 0.15) is 10.6 Å². The fraction of sp³-hybridized carbons (Fsp3) is 0.0952. The van der Waals surface area contributed by atoms with Crippen molar-refractivity contribution < 1.29 is 18.3 Å². The molecule has 0 fully saturated rings. The highest BCUT2D eigenvalue weighted by Gasteiger charge is 2.19. The van der Waals surface area contributed by atoms with E-state index in [1.54, 1.807) is 31.3 Å². The van der Waals surface area contributed by atoms with Crippen molar-refractivity contribution in [3.05, 3.63) is 87.9 Å². The molecule has 9 heteroatoms. The Kier molecular flexibility index (Phi) is 6.55. The third-order valence-electron chi connectivity index (χ3n) is 4.31. The average Bonchev–Trinajstić information content (AvgIpc) is 2.71. The first-order valence-corrected chi connectivity index (χ1v) is 11.0. The van der Waals surface area contributed by atoms with E-state index in [4.69, 9.17) is 23.2 Å². The van der Waals surface area contributed by atoms with E-state index in [9.17, 15) is 18.3 Å². The van der Waals surface area contributed by atoms with Crippen molar-refractivity contribution in [2.45, 2.75) is 11.4 Å². The van der Waals surface area contributed by atoms with E-state index < -0.39 is 10.0 Å². The molecule has 156 valence electrons. The van der Waals surface area contributed by atoms with Gasteiger partial charge in [0.25, 0.3) is 15.9 Å². The Morgan fingerprint density at radius 2 is 1.70 bits per heavy atom. The molecule has 0 radical (unpaired) electrons. The minimum Gasteiger partial charge on any atom is -0.508 e. The van der Waals surface area contributed by atoms with Crippen LogP contribution in [0, 0.1) is 0 Å². The molecule has 0 bridgehead atoms. The molecule has 0 saturated carbocycles. The number of halogens is 2. The molecule has 0 heterocycles. The minimum absolute atomic E-state index is 0.0458. The summed E-state index contributed by atoms with van der Waals surface area (Å²) in [6.07, 6.45) is 0. The lowest BCUT2D eigenvalue weighted by Gasteiger charge is -2.18. The fourth-order valence-corrected chi connectivity index (χ4v) is 4.59. The molecule has 3 aromatic rings. The maximum Gasteiger partial charge on any atom is 0.263 e. The highest BCUT2D eigenvalue weighted by molar-refractivity contribution is 7.92. The first kappa shape index (κ1) is 22.0. The standard InChI is InChI=1S/C21H18Cl2N2O4S/c1-25(13-15-4-2-3-5-19(15)26)21(27)14-6-9-17(10-7-14)24-30(28,29)20-12-16(22)8-11-18(20)23/h2-12,24,26H,13H2,1H3. The van der Waals surface area contributed by atoms with Crippen LogP contribution in [-0.2, 0) is 16.6 Å². The number of benzene rings is 3. The Labute approximate surface area is 184 Å². The van der Waals surface area contributed by atoms with E-state index in [0.29, 0.717) is 11.1 Å². The van der Waals surface area contributed by atoms with Gasteiger partial charge in [-0.3, -0.25) is 9.52 Å². The number of phenolic OH excluding ortho intramolecular Hbond substituents is 1. The van der Waals surface area contributed by atoms with Gasteiger partial charge in [0.15, 0.2) is 0 Å². The van der Waals surface area contributed by atoms with Crippen molar-refractivity contribution >= 4 is 44.8 Å². The first-order chi connectivity index (χ1) is 14.2. The quantitative estimate of drug-likeness (QED) is 0.549. The minimum atomic E-state index is -3.95. The van der Waals surface area contributed by atoms with Crippen LogP contribution in [0.15, 0.2) is 71.6 Å². The van der Waals surface area contributed by atoms with Gasteiger partial charge in [-0.15, -0.1) is 0 Å². The van der Waals surface area contributed by atoms with Crippen LogP contribution in [0.4, 0.5) is 5.69 Å². The Balaban J connectivity index is 1.73. The number of para-hydroxylation sites is 1. The number of sulfonamides is 1.